The van der Waals surface area contributed by atoms with Gasteiger partial charge in [-0.15, -0.1) is 0 Å². The number of amides is 1. The molecule has 0 unspecified atom stereocenters. The number of hydrogen-bond donors (Lipinski definition) is 4. The molecule has 7 nitrogen and oxygen atoms in total. The summed E-state index contributed by atoms with van der Waals surface area (Å²) in [5, 5.41) is 31.8. The number of carbonyl (C=O) groups excluding carboxylic acids is 1. The molecule has 0 spiro atoms. The van der Waals surface area contributed by atoms with Gasteiger partial charge in [0.25, 0.3) is 0 Å². The van der Waals surface area contributed by atoms with Gasteiger partial charge in [-0.2, -0.15) is 0 Å². The second-order valence-electron chi connectivity index (χ2n) is 5.36. The van der Waals surface area contributed by atoms with Crippen LogP contribution in [0.15, 0.2) is 24.3 Å². The molecule has 5 atom stereocenters. The summed E-state index contributed by atoms with van der Waals surface area (Å²) in [4.78, 5) is 11.3. The van der Waals surface area contributed by atoms with Crippen LogP contribution in [0.4, 0.5) is 0 Å². The molecule has 2 rings (SSSR count). The highest BCUT2D eigenvalue weighted by Crippen LogP contribution is 2.24. The number of rotatable bonds is 4. The molecule has 7 heteroatoms. The normalized spacial score (nSPS) is 31.6. The summed E-state index contributed by atoms with van der Waals surface area (Å²) in [6.45, 7) is 2.75. The molecule has 1 aromatic rings. The Morgan fingerprint density at radius 3 is 2.45 bits per heavy atom. The van der Waals surface area contributed by atoms with Gasteiger partial charge in [0.2, 0.25) is 12.2 Å². The van der Waals surface area contributed by atoms with Crippen molar-refractivity contribution in [2.75, 3.05) is 6.61 Å². The number of aryl methyl sites for hydroxylation is 1. The molecule has 122 valence electrons. The average Bonchev–Trinajstić information content (AvgIpc) is 2.48. The Balaban J connectivity index is 2.18. The summed E-state index contributed by atoms with van der Waals surface area (Å²) in [6.07, 6.45) is -4.65. The van der Waals surface area contributed by atoms with Crippen LogP contribution in [0.25, 0.3) is 0 Å². The minimum Gasteiger partial charge on any atom is -0.463 e. The van der Waals surface area contributed by atoms with Crippen molar-refractivity contribution in [3.05, 3.63) is 29.8 Å². The molecule has 1 amide bonds. The molecule has 0 aliphatic carbocycles. The van der Waals surface area contributed by atoms with E-state index in [1.807, 2.05) is 19.1 Å². The van der Waals surface area contributed by atoms with Crippen LogP contribution in [0.2, 0.25) is 0 Å². The third-order valence-corrected chi connectivity index (χ3v) is 3.52. The van der Waals surface area contributed by atoms with Gasteiger partial charge < -0.3 is 30.1 Å². The van der Waals surface area contributed by atoms with Crippen molar-refractivity contribution in [2.45, 2.75) is 44.5 Å². The van der Waals surface area contributed by atoms with Gasteiger partial charge in [0, 0.05) is 6.92 Å². The first-order chi connectivity index (χ1) is 10.4. The first-order valence-corrected chi connectivity index (χ1v) is 7.05. The summed E-state index contributed by atoms with van der Waals surface area (Å²) in [5.74, 6) is 0.103. The van der Waals surface area contributed by atoms with Gasteiger partial charge in [0.15, 0.2) is 0 Å². The van der Waals surface area contributed by atoms with Gasteiger partial charge in [-0.25, -0.2) is 0 Å². The third kappa shape index (κ3) is 3.75. The van der Waals surface area contributed by atoms with Gasteiger partial charge in [0.05, 0.1) is 6.61 Å². The summed E-state index contributed by atoms with van der Waals surface area (Å²) < 4.78 is 11.1. The lowest BCUT2D eigenvalue weighted by atomic mass is 9.97. The SMILES string of the molecule is CC(=O)N[C@H]1[C@H](Oc2ccc(C)cc2)O[C@H](CO)[C@@H](O)[C@@H]1O. The highest BCUT2D eigenvalue weighted by Gasteiger charge is 2.46. The molecule has 1 aliphatic heterocycles. The largest absolute Gasteiger partial charge is 0.463 e. The molecular formula is C15H21NO6. The Kier molecular flexibility index (Phi) is 5.36. The number of carbonyl (C=O) groups is 1. The predicted octanol–water partition coefficient (Wildman–Crippen LogP) is -0.682. The molecule has 0 bridgehead atoms. The maximum Gasteiger partial charge on any atom is 0.223 e. The van der Waals surface area contributed by atoms with E-state index in [2.05, 4.69) is 5.32 Å². The second kappa shape index (κ2) is 7.06. The maximum absolute atomic E-state index is 11.3. The van der Waals surface area contributed by atoms with E-state index in [1.54, 1.807) is 12.1 Å². The molecular weight excluding hydrogens is 290 g/mol. The topological polar surface area (TPSA) is 108 Å². The van der Waals surface area contributed by atoms with Gasteiger partial charge in [-0.05, 0) is 19.1 Å². The molecule has 1 saturated heterocycles. The van der Waals surface area contributed by atoms with E-state index in [0.29, 0.717) is 5.75 Å². The fraction of sp³-hybridized carbons (Fsp3) is 0.533. The van der Waals surface area contributed by atoms with Crippen LogP contribution in [0.3, 0.4) is 0 Å². The van der Waals surface area contributed by atoms with Crippen molar-refractivity contribution in [1.29, 1.82) is 0 Å². The van der Waals surface area contributed by atoms with Gasteiger partial charge in [-0.3, -0.25) is 4.79 Å². The number of aliphatic hydroxyl groups excluding tert-OH is 3. The lowest BCUT2D eigenvalue weighted by Gasteiger charge is -2.42. The number of ether oxygens (including phenoxy) is 2. The summed E-state index contributed by atoms with van der Waals surface area (Å²) in [6, 6.07) is 6.21. The maximum atomic E-state index is 11.3. The molecule has 4 N–H and O–H groups in total. The molecule has 1 aliphatic rings. The van der Waals surface area contributed by atoms with E-state index in [1.165, 1.54) is 6.92 Å². The van der Waals surface area contributed by atoms with Crippen molar-refractivity contribution in [2.24, 2.45) is 0 Å². The summed E-state index contributed by atoms with van der Waals surface area (Å²) in [7, 11) is 0. The average molecular weight is 311 g/mol. The van der Waals surface area contributed by atoms with Crippen molar-refractivity contribution >= 4 is 5.91 Å². The third-order valence-electron chi connectivity index (χ3n) is 3.52. The number of aliphatic hydroxyl groups is 3. The Bertz CT molecular complexity index is 505. The molecule has 1 fully saturated rings. The van der Waals surface area contributed by atoms with Gasteiger partial charge in [-0.1, -0.05) is 17.7 Å². The minimum absolute atomic E-state index is 0.389. The molecule has 22 heavy (non-hydrogen) atoms. The number of benzene rings is 1. The Morgan fingerprint density at radius 2 is 1.91 bits per heavy atom. The van der Waals surface area contributed by atoms with E-state index in [4.69, 9.17) is 9.47 Å². The van der Waals surface area contributed by atoms with Crippen molar-refractivity contribution in [3.63, 3.8) is 0 Å². The minimum atomic E-state index is -1.32. The van der Waals surface area contributed by atoms with Crippen LogP contribution in [0.5, 0.6) is 5.75 Å². The van der Waals surface area contributed by atoms with E-state index < -0.39 is 37.3 Å². The summed E-state index contributed by atoms with van der Waals surface area (Å²) in [5.41, 5.74) is 1.05. The lowest BCUT2D eigenvalue weighted by Crippen LogP contribution is -2.65. The lowest BCUT2D eigenvalue weighted by molar-refractivity contribution is -0.244. The van der Waals surface area contributed by atoms with Crippen LogP contribution >= 0.6 is 0 Å². The van der Waals surface area contributed by atoms with Gasteiger partial charge in [0.1, 0.15) is 30.1 Å². The first-order valence-electron chi connectivity index (χ1n) is 7.05. The molecule has 1 aromatic carbocycles. The smallest absolute Gasteiger partial charge is 0.223 e. The van der Waals surface area contributed by atoms with E-state index >= 15 is 0 Å². The monoisotopic (exact) mass is 311 g/mol. The predicted molar refractivity (Wildman–Crippen MR) is 77.2 cm³/mol. The Hall–Kier alpha value is -1.67. The standard InChI is InChI=1S/C15H21NO6/c1-8-3-5-10(6-4-8)21-15-12(16-9(2)18)14(20)13(19)11(7-17)22-15/h3-6,11-15,17,19-20H,7H2,1-2H3,(H,16,18)/t11-,12-,13-,14-,15-/m1/s1. The zero-order chi connectivity index (χ0) is 16.3. The fourth-order valence-corrected chi connectivity index (χ4v) is 2.32. The zero-order valence-corrected chi connectivity index (χ0v) is 12.5. The Labute approximate surface area is 128 Å². The quantitative estimate of drug-likeness (QED) is 0.587. The molecule has 0 aromatic heterocycles. The van der Waals surface area contributed by atoms with E-state index in [9.17, 15) is 20.1 Å². The van der Waals surface area contributed by atoms with Gasteiger partial charge >= 0.3 is 0 Å². The highest BCUT2D eigenvalue weighted by atomic mass is 16.7. The number of nitrogens with one attached hydrogen (secondary N) is 1. The van der Waals surface area contributed by atoms with E-state index in [0.717, 1.165) is 5.56 Å². The van der Waals surface area contributed by atoms with Crippen molar-refractivity contribution < 1.29 is 29.6 Å². The van der Waals surface area contributed by atoms with Crippen molar-refractivity contribution in [1.82, 2.24) is 5.32 Å². The van der Waals surface area contributed by atoms with Crippen LogP contribution in [-0.2, 0) is 9.53 Å². The summed E-state index contributed by atoms with van der Waals surface area (Å²) >= 11 is 0. The first kappa shape index (κ1) is 16.7. The van der Waals surface area contributed by atoms with Crippen LogP contribution in [-0.4, -0.2) is 58.5 Å². The van der Waals surface area contributed by atoms with E-state index in [-0.39, 0.29) is 5.91 Å². The van der Waals surface area contributed by atoms with Crippen LogP contribution in [0.1, 0.15) is 12.5 Å². The molecule has 0 radical (unpaired) electrons. The van der Waals surface area contributed by atoms with Crippen LogP contribution < -0.4 is 10.1 Å². The van der Waals surface area contributed by atoms with Crippen molar-refractivity contribution in [3.8, 4) is 5.75 Å². The highest BCUT2D eigenvalue weighted by molar-refractivity contribution is 5.73. The van der Waals surface area contributed by atoms with Crippen LogP contribution in [0, 0.1) is 6.92 Å². The second-order valence-corrected chi connectivity index (χ2v) is 5.36. The fourth-order valence-electron chi connectivity index (χ4n) is 2.32. The molecule has 0 saturated carbocycles. The molecule has 1 heterocycles. The Morgan fingerprint density at radius 1 is 1.27 bits per heavy atom. The number of hydrogen-bond acceptors (Lipinski definition) is 6. The zero-order valence-electron chi connectivity index (χ0n) is 12.5.